The molecule has 0 saturated carbocycles. The Hall–Kier alpha value is -2.91. The number of esters is 1. The first-order valence-electron chi connectivity index (χ1n) is 10.3. The lowest BCUT2D eigenvalue weighted by molar-refractivity contribution is -0.144. The highest BCUT2D eigenvalue weighted by Gasteiger charge is 2.22. The Morgan fingerprint density at radius 1 is 1.15 bits per heavy atom. The minimum absolute atomic E-state index is 0.00949. The number of ether oxygens (including phenoxy) is 1. The molecule has 1 atom stereocenters. The van der Waals surface area contributed by atoms with Gasteiger partial charge >= 0.3 is 5.97 Å². The molecule has 3 rings (SSSR count). The van der Waals surface area contributed by atoms with Gasteiger partial charge in [0.25, 0.3) is 5.91 Å². The van der Waals surface area contributed by atoms with Crippen molar-refractivity contribution in [1.29, 1.82) is 0 Å². The predicted octanol–water partition coefficient (Wildman–Crippen LogP) is 3.75. The van der Waals surface area contributed by atoms with E-state index >= 15 is 0 Å². The number of aromatic nitrogens is 2. The van der Waals surface area contributed by atoms with Gasteiger partial charge in [0.15, 0.2) is 15.6 Å². The number of hydrogen-bond donors (Lipinski definition) is 1. The van der Waals surface area contributed by atoms with E-state index in [0.717, 1.165) is 5.69 Å². The van der Waals surface area contributed by atoms with Gasteiger partial charge in [-0.05, 0) is 57.5 Å². The van der Waals surface area contributed by atoms with Crippen molar-refractivity contribution >= 4 is 44.3 Å². The van der Waals surface area contributed by atoms with Crippen molar-refractivity contribution in [2.75, 3.05) is 5.75 Å². The van der Waals surface area contributed by atoms with E-state index in [9.17, 15) is 18.0 Å². The molecule has 2 heterocycles. The van der Waals surface area contributed by atoms with Gasteiger partial charge in [-0.15, -0.1) is 0 Å². The van der Waals surface area contributed by atoms with Crippen molar-refractivity contribution in [3.63, 3.8) is 0 Å². The molecule has 0 saturated heterocycles. The first-order chi connectivity index (χ1) is 15.4. The number of amides is 1. The molecule has 0 bridgehead atoms. The maximum atomic E-state index is 12.9. The Bertz CT molecular complexity index is 1310. The van der Waals surface area contributed by atoms with Gasteiger partial charge in [0.1, 0.15) is 11.3 Å². The molecule has 33 heavy (non-hydrogen) atoms. The lowest BCUT2D eigenvalue weighted by atomic mass is 10.1. The number of sulfone groups is 1. The molecule has 1 aromatic carbocycles. The van der Waals surface area contributed by atoms with Crippen LogP contribution in [0.3, 0.4) is 0 Å². The Morgan fingerprint density at radius 3 is 2.39 bits per heavy atom. The maximum absolute atomic E-state index is 12.9. The van der Waals surface area contributed by atoms with Crippen LogP contribution in [-0.4, -0.2) is 41.7 Å². The summed E-state index contributed by atoms with van der Waals surface area (Å²) in [5.41, 5.74) is 2.47. The lowest BCUT2D eigenvalue weighted by Gasteiger charge is -2.15. The number of benzene rings is 1. The number of carbonyl (C=O) groups is 2. The molecule has 2 aromatic heterocycles. The molecule has 0 radical (unpaired) electrons. The van der Waals surface area contributed by atoms with Crippen molar-refractivity contribution in [2.45, 2.75) is 44.7 Å². The second-order valence-electron chi connectivity index (χ2n) is 8.13. The van der Waals surface area contributed by atoms with Crippen molar-refractivity contribution in [3.8, 4) is 0 Å². The van der Waals surface area contributed by atoms with E-state index < -0.39 is 33.7 Å². The van der Waals surface area contributed by atoms with E-state index in [-0.39, 0.29) is 10.8 Å². The number of pyridine rings is 1. The fraction of sp³-hybridized carbons (Fsp3) is 0.348. The Labute approximate surface area is 197 Å². The van der Waals surface area contributed by atoms with Gasteiger partial charge in [0.2, 0.25) is 0 Å². The number of fused-ring (bicyclic) bond motifs is 1. The highest BCUT2D eigenvalue weighted by atomic mass is 35.5. The van der Waals surface area contributed by atoms with Gasteiger partial charge in [-0.1, -0.05) is 23.7 Å². The van der Waals surface area contributed by atoms with Crippen LogP contribution in [0.2, 0.25) is 5.02 Å². The van der Waals surface area contributed by atoms with Crippen molar-refractivity contribution < 1.29 is 22.7 Å². The van der Waals surface area contributed by atoms with Crippen molar-refractivity contribution in [1.82, 2.24) is 14.9 Å². The third-order valence-electron chi connectivity index (χ3n) is 5.07. The fourth-order valence-corrected chi connectivity index (χ4v) is 4.83. The molecule has 1 N–H and O–H groups in total. The van der Waals surface area contributed by atoms with E-state index in [2.05, 4.69) is 10.3 Å². The Kier molecular flexibility index (Phi) is 7.14. The summed E-state index contributed by atoms with van der Waals surface area (Å²) in [6.45, 7) is 6.93. The second kappa shape index (κ2) is 9.52. The molecule has 176 valence electrons. The zero-order chi connectivity index (χ0) is 24.5. The number of aryl methyl sites for hydroxylation is 2. The minimum Gasteiger partial charge on any atom is -0.462 e. The van der Waals surface area contributed by atoms with Crippen LogP contribution in [0.25, 0.3) is 11.0 Å². The zero-order valence-corrected chi connectivity index (χ0v) is 20.6. The third kappa shape index (κ3) is 5.54. The maximum Gasteiger partial charge on any atom is 0.321 e. The largest absolute Gasteiger partial charge is 0.462 e. The molecular weight excluding hydrogens is 466 g/mol. The lowest BCUT2D eigenvalue weighted by Crippen LogP contribution is -2.28. The van der Waals surface area contributed by atoms with E-state index in [1.165, 1.54) is 12.1 Å². The number of hydrogen-bond acceptors (Lipinski definition) is 6. The van der Waals surface area contributed by atoms with Gasteiger partial charge in [0, 0.05) is 18.1 Å². The van der Waals surface area contributed by atoms with E-state index in [1.54, 1.807) is 56.7 Å². The third-order valence-corrected chi connectivity index (χ3v) is 6.99. The normalized spacial score (nSPS) is 12.7. The van der Waals surface area contributed by atoms with Gasteiger partial charge in [-0.25, -0.2) is 13.4 Å². The molecule has 0 aliphatic carbocycles. The molecule has 1 amide bonds. The summed E-state index contributed by atoms with van der Waals surface area (Å²) in [5.74, 6) is -1.84. The average molecular weight is 492 g/mol. The number of nitrogens with zero attached hydrogens (tertiary/aromatic N) is 2. The van der Waals surface area contributed by atoms with Gasteiger partial charge < -0.3 is 14.6 Å². The molecular formula is C23H26ClN3O5S. The van der Waals surface area contributed by atoms with Crippen LogP contribution in [0.1, 0.15) is 48.6 Å². The Morgan fingerprint density at radius 2 is 1.79 bits per heavy atom. The molecule has 10 heteroatoms. The molecule has 0 aliphatic heterocycles. The molecule has 0 fully saturated rings. The predicted molar refractivity (Wildman–Crippen MR) is 126 cm³/mol. The van der Waals surface area contributed by atoms with Gasteiger partial charge in [0.05, 0.1) is 22.1 Å². The monoisotopic (exact) mass is 491 g/mol. The van der Waals surface area contributed by atoms with Gasteiger partial charge in [-0.3, -0.25) is 9.59 Å². The van der Waals surface area contributed by atoms with Crippen LogP contribution >= 0.6 is 11.6 Å². The standard InChI is InChI=1S/C23H26ClN3O5S/c1-13(2)32-21(28)12-33(30,31)17-8-6-16(7-9-17)15(4)26-23(29)20-11-18-19(24)10-14(3)25-22(18)27(20)5/h6-11,13,15H,12H2,1-5H3,(H,26,29). The number of carbonyl (C=O) groups excluding carboxylic acids is 2. The fourth-order valence-electron chi connectivity index (χ4n) is 3.44. The van der Waals surface area contributed by atoms with E-state index in [0.29, 0.717) is 27.3 Å². The number of halogens is 1. The summed E-state index contributed by atoms with van der Waals surface area (Å²) in [5, 5.41) is 4.12. The van der Waals surface area contributed by atoms with Crippen LogP contribution in [0.15, 0.2) is 41.3 Å². The molecule has 3 aromatic rings. The summed E-state index contributed by atoms with van der Waals surface area (Å²) >= 11 is 6.30. The van der Waals surface area contributed by atoms with Crippen molar-refractivity contribution in [3.05, 3.63) is 58.4 Å². The van der Waals surface area contributed by atoms with E-state index in [1.807, 2.05) is 6.92 Å². The van der Waals surface area contributed by atoms with Crippen LogP contribution in [0.5, 0.6) is 0 Å². The summed E-state index contributed by atoms with van der Waals surface area (Å²) < 4.78 is 31.5. The second-order valence-corrected chi connectivity index (χ2v) is 10.5. The Balaban J connectivity index is 1.75. The quantitative estimate of drug-likeness (QED) is 0.504. The molecule has 0 aliphatic rings. The van der Waals surface area contributed by atoms with Crippen molar-refractivity contribution in [2.24, 2.45) is 7.05 Å². The minimum atomic E-state index is -3.83. The number of rotatable bonds is 7. The SMILES string of the molecule is Cc1cc(Cl)c2cc(C(=O)NC(C)c3ccc(S(=O)(=O)CC(=O)OC(C)C)cc3)n(C)c2n1. The zero-order valence-electron chi connectivity index (χ0n) is 19.0. The molecule has 1 unspecified atom stereocenters. The topological polar surface area (TPSA) is 107 Å². The summed E-state index contributed by atoms with van der Waals surface area (Å²) in [7, 11) is -2.08. The first kappa shape index (κ1) is 24.7. The smallest absolute Gasteiger partial charge is 0.321 e. The summed E-state index contributed by atoms with van der Waals surface area (Å²) in [6, 6.07) is 9.08. The summed E-state index contributed by atoms with van der Waals surface area (Å²) in [4.78, 5) is 29.1. The van der Waals surface area contributed by atoms with Crippen LogP contribution in [0, 0.1) is 6.92 Å². The molecule has 8 nitrogen and oxygen atoms in total. The highest BCUT2D eigenvalue weighted by Crippen LogP contribution is 2.26. The highest BCUT2D eigenvalue weighted by molar-refractivity contribution is 7.92. The van der Waals surface area contributed by atoms with Gasteiger partial charge in [-0.2, -0.15) is 0 Å². The van der Waals surface area contributed by atoms with E-state index in [4.69, 9.17) is 16.3 Å². The van der Waals surface area contributed by atoms with Crippen LogP contribution in [-0.2, 0) is 26.4 Å². The van der Waals surface area contributed by atoms with Crippen LogP contribution < -0.4 is 5.32 Å². The summed E-state index contributed by atoms with van der Waals surface area (Å²) in [6.07, 6.45) is -0.391. The average Bonchev–Trinajstić information content (AvgIpc) is 3.04. The first-order valence-corrected chi connectivity index (χ1v) is 12.4. The number of nitrogens with one attached hydrogen (secondary N) is 1. The van der Waals surface area contributed by atoms with Crippen LogP contribution in [0.4, 0.5) is 0 Å². The molecule has 0 spiro atoms.